The van der Waals surface area contributed by atoms with Gasteiger partial charge in [-0.05, 0) is 43.4 Å². The number of hydrogen-bond acceptors (Lipinski definition) is 3. The predicted molar refractivity (Wildman–Crippen MR) is 71.2 cm³/mol. The first kappa shape index (κ1) is 11.7. The second-order valence-electron chi connectivity index (χ2n) is 5.81. The van der Waals surface area contributed by atoms with Crippen LogP contribution < -0.4 is 5.73 Å². The number of nitrogens with zero attached hydrogens (tertiary/aromatic N) is 3. The van der Waals surface area contributed by atoms with Crippen LogP contribution in [0.25, 0.3) is 5.65 Å². The summed E-state index contributed by atoms with van der Waals surface area (Å²) in [6, 6.07) is 4.13. The topological polar surface area (TPSA) is 56.2 Å². The van der Waals surface area contributed by atoms with E-state index < -0.39 is 0 Å². The van der Waals surface area contributed by atoms with E-state index in [1.807, 2.05) is 16.7 Å². The third-order valence-electron chi connectivity index (χ3n) is 4.04. The molecule has 0 bridgehead atoms. The smallest absolute Gasteiger partial charge is 0.161 e. The normalized spacial score (nSPS) is 28.7. The van der Waals surface area contributed by atoms with Crippen molar-refractivity contribution in [3.05, 3.63) is 29.7 Å². The summed E-state index contributed by atoms with van der Waals surface area (Å²) in [7, 11) is 0. The van der Waals surface area contributed by atoms with E-state index in [9.17, 15) is 0 Å². The Morgan fingerprint density at radius 2 is 2.28 bits per heavy atom. The van der Waals surface area contributed by atoms with E-state index in [0.717, 1.165) is 24.3 Å². The van der Waals surface area contributed by atoms with E-state index in [1.54, 1.807) is 0 Å². The fraction of sp³-hybridized carbons (Fsp3) is 0.571. The molecule has 2 aromatic rings. The van der Waals surface area contributed by atoms with Gasteiger partial charge in [-0.15, -0.1) is 10.2 Å². The highest BCUT2D eigenvalue weighted by atomic mass is 15.3. The molecule has 1 fully saturated rings. The first-order valence-corrected chi connectivity index (χ1v) is 6.69. The molecular formula is C14H20N4. The zero-order valence-electron chi connectivity index (χ0n) is 11.1. The van der Waals surface area contributed by atoms with E-state index in [4.69, 9.17) is 5.73 Å². The van der Waals surface area contributed by atoms with Crippen LogP contribution in [0.4, 0.5) is 0 Å². The monoisotopic (exact) mass is 244 g/mol. The number of fused-ring (bicyclic) bond motifs is 1. The van der Waals surface area contributed by atoms with Gasteiger partial charge in [-0.25, -0.2) is 0 Å². The molecule has 3 rings (SSSR count). The molecule has 0 amide bonds. The van der Waals surface area contributed by atoms with Gasteiger partial charge >= 0.3 is 0 Å². The van der Waals surface area contributed by atoms with Gasteiger partial charge in [-0.2, -0.15) is 0 Å². The zero-order valence-corrected chi connectivity index (χ0v) is 11.1. The van der Waals surface area contributed by atoms with Gasteiger partial charge in [0, 0.05) is 6.20 Å². The number of pyridine rings is 1. The van der Waals surface area contributed by atoms with E-state index in [-0.39, 0.29) is 5.54 Å². The summed E-state index contributed by atoms with van der Waals surface area (Å²) >= 11 is 0. The Bertz CT molecular complexity index is 574. The summed E-state index contributed by atoms with van der Waals surface area (Å²) in [5.41, 5.74) is 8.38. The Kier molecular flexibility index (Phi) is 2.63. The van der Waals surface area contributed by atoms with Crippen molar-refractivity contribution < 1.29 is 0 Å². The Hall–Kier alpha value is -1.42. The number of nitrogens with two attached hydrogens (primary N) is 1. The van der Waals surface area contributed by atoms with Crippen molar-refractivity contribution >= 4 is 5.65 Å². The molecule has 96 valence electrons. The quantitative estimate of drug-likeness (QED) is 0.838. The zero-order chi connectivity index (χ0) is 12.8. The van der Waals surface area contributed by atoms with Gasteiger partial charge in [0.2, 0.25) is 0 Å². The van der Waals surface area contributed by atoms with Crippen LogP contribution >= 0.6 is 0 Å². The summed E-state index contributed by atoms with van der Waals surface area (Å²) in [6.45, 7) is 4.34. The molecule has 0 aliphatic heterocycles. The minimum absolute atomic E-state index is 0.313. The molecule has 2 heterocycles. The summed E-state index contributed by atoms with van der Waals surface area (Å²) in [5, 5.41) is 8.61. The lowest BCUT2D eigenvalue weighted by atomic mass is 9.76. The Labute approximate surface area is 107 Å². The molecule has 2 unspecified atom stereocenters. The minimum Gasteiger partial charge on any atom is -0.319 e. The highest BCUT2D eigenvalue weighted by Crippen LogP contribution is 2.36. The molecule has 2 aromatic heterocycles. The SMILES string of the molecule is Cc1ccn2c(C3(N)CCCC(C)C3)nnc2c1. The lowest BCUT2D eigenvalue weighted by Crippen LogP contribution is -2.42. The maximum absolute atomic E-state index is 6.60. The highest BCUT2D eigenvalue weighted by molar-refractivity contribution is 5.41. The maximum atomic E-state index is 6.60. The van der Waals surface area contributed by atoms with Crippen molar-refractivity contribution in [1.29, 1.82) is 0 Å². The molecule has 1 aliphatic rings. The average molecular weight is 244 g/mol. The Morgan fingerprint density at radius 3 is 3.06 bits per heavy atom. The summed E-state index contributed by atoms with van der Waals surface area (Å²) in [5.74, 6) is 1.59. The van der Waals surface area contributed by atoms with Crippen LogP contribution in [0.2, 0.25) is 0 Å². The molecule has 1 saturated carbocycles. The van der Waals surface area contributed by atoms with Crippen LogP contribution in [0.1, 0.15) is 44.0 Å². The standard InChI is InChI=1S/C14H20N4/c1-10-5-7-18-12(8-10)16-17-13(18)14(15)6-3-4-11(2)9-14/h5,7-8,11H,3-4,6,9,15H2,1-2H3. The largest absolute Gasteiger partial charge is 0.319 e. The van der Waals surface area contributed by atoms with Crippen molar-refractivity contribution in [2.45, 2.75) is 45.1 Å². The summed E-state index contributed by atoms with van der Waals surface area (Å²) < 4.78 is 2.05. The van der Waals surface area contributed by atoms with Crippen molar-refractivity contribution in [2.75, 3.05) is 0 Å². The summed E-state index contributed by atoms with van der Waals surface area (Å²) in [6.07, 6.45) is 6.49. The highest BCUT2D eigenvalue weighted by Gasteiger charge is 2.36. The van der Waals surface area contributed by atoms with Gasteiger partial charge in [-0.3, -0.25) is 4.40 Å². The van der Waals surface area contributed by atoms with Crippen LogP contribution in [-0.2, 0) is 5.54 Å². The Morgan fingerprint density at radius 1 is 1.44 bits per heavy atom. The van der Waals surface area contributed by atoms with Crippen molar-refractivity contribution in [2.24, 2.45) is 11.7 Å². The molecule has 2 N–H and O–H groups in total. The second kappa shape index (κ2) is 4.05. The van der Waals surface area contributed by atoms with Crippen LogP contribution in [0.15, 0.2) is 18.3 Å². The molecule has 0 saturated heterocycles. The van der Waals surface area contributed by atoms with E-state index in [2.05, 4.69) is 30.1 Å². The molecule has 0 radical (unpaired) electrons. The first-order chi connectivity index (χ1) is 8.58. The molecule has 0 spiro atoms. The number of aromatic nitrogens is 3. The van der Waals surface area contributed by atoms with Gasteiger partial charge in [0.15, 0.2) is 11.5 Å². The lowest BCUT2D eigenvalue weighted by molar-refractivity contribution is 0.226. The number of hydrogen-bond donors (Lipinski definition) is 1. The van der Waals surface area contributed by atoms with E-state index >= 15 is 0 Å². The van der Waals surface area contributed by atoms with E-state index in [1.165, 1.54) is 18.4 Å². The van der Waals surface area contributed by atoms with E-state index in [0.29, 0.717) is 5.92 Å². The van der Waals surface area contributed by atoms with Gasteiger partial charge in [0.25, 0.3) is 0 Å². The van der Waals surface area contributed by atoms with Crippen LogP contribution in [0, 0.1) is 12.8 Å². The van der Waals surface area contributed by atoms with Crippen LogP contribution in [0.3, 0.4) is 0 Å². The minimum atomic E-state index is -0.313. The third-order valence-corrected chi connectivity index (χ3v) is 4.04. The fourth-order valence-corrected chi connectivity index (χ4v) is 3.13. The number of aryl methyl sites for hydroxylation is 1. The second-order valence-corrected chi connectivity index (χ2v) is 5.81. The molecule has 1 aliphatic carbocycles. The van der Waals surface area contributed by atoms with Crippen LogP contribution in [0.5, 0.6) is 0 Å². The van der Waals surface area contributed by atoms with Gasteiger partial charge < -0.3 is 5.73 Å². The van der Waals surface area contributed by atoms with Crippen molar-refractivity contribution in [3.8, 4) is 0 Å². The molecule has 18 heavy (non-hydrogen) atoms. The predicted octanol–water partition coefficient (Wildman–Crippen LogP) is 2.40. The Balaban J connectivity index is 2.08. The molecule has 4 nitrogen and oxygen atoms in total. The fourth-order valence-electron chi connectivity index (χ4n) is 3.13. The molecule has 2 atom stereocenters. The van der Waals surface area contributed by atoms with Gasteiger partial charge in [0.05, 0.1) is 5.54 Å². The van der Waals surface area contributed by atoms with Crippen LogP contribution in [-0.4, -0.2) is 14.6 Å². The molecule has 0 aromatic carbocycles. The van der Waals surface area contributed by atoms with Crippen molar-refractivity contribution in [3.63, 3.8) is 0 Å². The number of rotatable bonds is 1. The van der Waals surface area contributed by atoms with Gasteiger partial charge in [0.1, 0.15) is 0 Å². The lowest BCUT2D eigenvalue weighted by Gasteiger charge is -2.35. The molecule has 4 heteroatoms. The first-order valence-electron chi connectivity index (χ1n) is 6.69. The van der Waals surface area contributed by atoms with Gasteiger partial charge in [-0.1, -0.05) is 19.8 Å². The van der Waals surface area contributed by atoms with Crippen molar-refractivity contribution in [1.82, 2.24) is 14.6 Å². The third kappa shape index (κ3) is 1.81. The molecular weight excluding hydrogens is 224 g/mol. The average Bonchev–Trinajstić information content (AvgIpc) is 2.72. The maximum Gasteiger partial charge on any atom is 0.161 e. The summed E-state index contributed by atoms with van der Waals surface area (Å²) in [4.78, 5) is 0.